The van der Waals surface area contributed by atoms with Crippen molar-refractivity contribution in [2.24, 2.45) is 0 Å². The molecule has 1 amide bonds. The SMILES string of the molecule is O=C(Nc1ccccn1)c1cccc(C2CCCN(Cc3cnc[nH]3)C2)n1. The quantitative estimate of drug-likeness (QED) is 0.729. The van der Waals surface area contributed by atoms with Gasteiger partial charge < -0.3 is 10.3 Å². The number of hydrogen-bond acceptors (Lipinski definition) is 5. The molecule has 27 heavy (non-hydrogen) atoms. The first-order valence-electron chi connectivity index (χ1n) is 9.17. The summed E-state index contributed by atoms with van der Waals surface area (Å²) < 4.78 is 0. The number of hydrogen-bond donors (Lipinski definition) is 2. The number of H-pyrrole nitrogens is 1. The summed E-state index contributed by atoms with van der Waals surface area (Å²) >= 11 is 0. The Kier molecular flexibility index (Phi) is 5.20. The first-order valence-corrected chi connectivity index (χ1v) is 9.17. The third-order valence-electron chi connectivity index (χ3n) is 4.78. The topological polar surface area (TPSA) is 86.8 Å². The molecule has 1 saturated heterocycles. The van der Waals surface area contributed by atoms with E-state index in [1.165, 1.54) is 0 Å². The Morgan fingerprint density at radius 2 is 2.22 bits per heavy atom. The van der Waals surface area contributed by atoms with E-state index in [0.29, 0.717) is 17.4 Å². The molecule has 1 aliphatic rings. The number of likely N-dealkylation sites (tertiary alicyclic amines) is 1. The summed E-state index contributed by atoms with van der Waals surface area (Å²) in [6, 6.07) is 11.1. The molecule has 0 aromatic carbocycles. The van der Waals surface area contributed by atoms with E-state index in [1.54, 1.807) is 24.7 Å². The van der Waals surface area contributed by atoms with Crippen molar-refractivity contribution in [1.82, 2.24) is 24.8 Å². The fourth-order valence-electron chi connectivity index (χ4n) is 3.47. The van der Waals surface area contributed by atoms with Crippen molar-refractivity contribution in [1.29, 1.82) is 0 Å². The molecule has 7 heteroatoms. The van der Waals surface area contributed by atoms with Crippen LogP contribution in [0, 0.1) is 0 Å². The molecule has 0 spiro atoms. The molecular weight excluding hydrogens is 340 g/mol. The van der Waals surface area contributed by atoms with Crippen LogP contribution in [0.5, 0.6) is 0 Å². The molecule has 1 fully saturated rings. The van der Waals surface area contributed by atoms with Gasteiger partial charge in [-0.3, -0.25) is 9.69 Å². The number of piperidine rings is 1. The van der Waals surface area contributed by atoms with Crippen LogP contribution in [0.3, 0.4) is 0 Å². The largest absolute Gasteiger partial charge is 0.347 e. The van der Waals surface area contributed by atoms with Gasteiger partial charge in [-0.25, -0.2) is 15.0 Å². The first-order chi connectivity index (χ1) is 13.3. The monoisotopic (exact) mass is 362 g/mol. The minimum Gasteiger partial charge on any atom is -0.347 e. The molecule has 3 aromatic heterocycles. The molecule has 0 bridgehead atoms. The van der Waals surface area contributed by atoms with Gasteiger partial charge in [0.05, 0.1) is 6.33 Å². The Bertz CT molecular complexity index is 881. The molecule has 2 N–H and O–H groups in total. The number of nitrogens with zero attached hydrogens (tertiary/aromatic N) is 4. The molecule has 1 aliphatic heterocycles. The van der Waals surface area contributed by atoms with E-state index >= 15 is 0 Å². The first kappa shape index (κ1) is 17.4. The maximum Gasteiger partial charge on any atom is 0.275 e. The van der Waals surface area contributed by atoms with Gasteiger partial charge in [-0.1, -0.05) is 12.1 Å². The highest BCUT2D eigenvalue weighted by Crippen LogP contribution is 2.26. The Morgan fingerprint density at radius 1 is 1.26 bits per heavy atom. The zero-order valence-electron chi connectivity index (χ0n) is 15.0. The minimum atomic E-state index is -0.235. The average molecular weight is 362 g/mol. The van der Waals surface area contributed by atoms with Crippen molar-refractivity contribution < 1.29 is 4.79 Å². The molecule has 1 unspecified atom stereocenters. The van der Waals surface area contributed by atoms with E-state index < -0.39 is 0 Å². The number of aromatic nitrogens is 4. The van der Waals surface area contributed by atoms with Crippen molar-refractivity contribution in [3.63, 3.8) is 0 Å². The maximum absolute atomic E-state index is 12.5. The number of carbonyl (C=O) groups excluding carboxylic acids is 1. The number of rotatable bonds is 5. The average Bonchev–Trinajstić information content (AvgIpc) is 3.22. The molecule has 138 valence electrons. The number of amides is 1. The summed E-state index contributed by atoms with van der Waals surface area (Å²) in [6.45, 7) is 2.85. The summed E-state index contributed by atoms with van der Waals surface area (Å²) in [5, 5.41) is 2.79. The van der Waals surface area contributed by atoms with E-state index in [-0.39, 0.29) is 5.91 Å². The van der Waals surface area contributed by atoms with Crippen LogP contribution in [0.2, 0.25) is 0 Å². The third-order valence-corrected chi connectivity index (χ3v) is 4.78. The van der Waals surface area contributed by atoms with Gasteiger partial charge in [0, 0.05) is 42.8 Å². The zero-order chi connectivity index (χ0) is 18.5. The number of pyridine rings is 2. The zero-order valence-corrected chi connectivity index (χ0v) is 15.0. The molecule has 3 aromatic rings. The van der Waals surface area contributed by atoms with E-state index in [4.69, 9.17) is 0 Å². The van der Waals surface area contributed by atoms with Gasteiger partial charge in [0.15, 0.2) is 0 Å². The van der Waals surface area contributed by atoms with Gasteiger partial charge in [0.1, 0.15) is 11.5 Å². The second kappa shape index (κ2) is 8.09. The molecule has 0 radical (unpaired) electrons. The van der Waals surface area contributed by atoms with Crippen molar-refractivity contribution in [2.75, 3.05) is 18.4 Å². The summed E-state index contributed by atoms with van der Waals surface area (Å²) in [5.41, 5.74) is 2.51. The van der Waals surface area contributed by atoms with Gasteiger partial charge in [-0.15, -0.1) is 0 Å². The second-order valence-corrected chi connectivity index (χ2v) is 6.77. The van der Waals surface area contributed by atoms with Crippen molar-refractivity contribution in [2.45, 2.75) is 25.3 Å². The number of nitrogens with one attached hydrogen (secondary N) is 2. The molecule has 4 heterocycles. The lowest BCUT2D eigenvalue weighted by molar-refractivity contribution is 0.102. The number of aromatic amines is 1. The smallest absolute Gasteiger partial charge is 0.275 e. The van der Waals surface area contributed by atoms with E-state index in [1.807, 2.05) is 30.5 Å². The minimum absolute atomic E-state index is 0.235. The fourth-order valence-corrected chi connectivity index (χ4v) is 3.47. The highest BCUT2D eigenvalue weighted by molar-refractivity contribution is 6.02. The predicted molar refractivity (Wildman–Crippen MR) is 102 cm³/mol. The van der Waals surface area contributed by atoms with Crippen LogP contribution in [0.15, 0.2) is 55.1 Å². The van der Waals surface area contributed by atoms with Crippen LogP contribution in [0.4, 0.5) is 5.82 Å². The number of imidazole rings is 1. The molecule has 1 atom stereocenters. The maximum atomic E-state index is 12.5. The summed E-state index contributed by atoms with van der Waals surface area (Å²) in [5.74, 6) is 0.614. The van der Waals surface area contributed by atoms with Crippen LogP contribution in [-0.2, 0) is 6.54 Å². The van der Waals surface area contributed by atoms with Gasteiger partial charge in [0.25, 0.3) is 5.91 Å². The lowest BCUT2D eigenvalue weighted by atomic mass is 9.94. The predicted octanol–water partition coefficient (Wildman–Crippen LogP) is 2.83. The van der Waals surface area contributed by atoms with Crippen molar-refractivity contribution in [3.8, 4) is 0 Å². The van der Waals surface area contributed by atoms with E-state index in [2.05, 4.69) is 30.2 Å². The van der Waals surface area contributed by atoms with Gasteiger partial charge in [0.2, 0.25) is 0 Å². The lowest BCUT2D eigenvalue weighted by Gasteiger charge is -2.32. The highest BCUT2D eigenvalue weighted by Gasteiger charge is 2.23. The highest BCUT2D eigenvalue weighted by atomic mass is 16.1. The van der Waals surface area contributed by atoms with Crippen LogP contribution in [-0.4, -0.2) is 43.8 Å². The van der Waals surface area contributed by atoms with E-state index in [0.717, 1.165) is 43.9 Å². The normalized spacial score (nSPS) is 17.6. The Labute approximate surface area is 157 Å². The summed E-state index contributed by atoms with van der Waals surface area (Å²) in [7, 11) is 0. The van der Waals surface area contributed by atoms with Crippen LogP contribution >= 0.6 is 0 Å². The Hall–Kier alpha value is -3.06. The summed E-state index contributed by atoms with van der Waals surface area (Å²) in [4.78, 5) is 30.9. The number of carbonyl (C=O) groups is 1. The van der Waals surface area contributed by atoms with Crippen molar-refractivity contribution in [3.05, 3.63) is 72.2 Å². The number of anilines is 1. The van der Waals surface area contributed by atoms with Crippen LogP contribution in [0.1, 0.15) is 40.6 Å². The Balaban J connectivity index is 1.44. The second-order valence-electron chi connectivity index (χ2n) is 6.77. The van der Waals surface area contributed by atoms with E-state index in [9.17, 15) is 4.79 Å². The summed E-state index contributed by atoms with van der Waals surface area (Å²) in [6.07, 6.45) is 7.42. The van der Waals surface area contributed by atoms with Crippen LogP contribution < -0.4 is 5.32 Å². The fraction of sp³-hybridized carbons (Fsp3) is 0.300. The third kappa shape index (κ3) is 4.38. The molecular formula is C20H22N6O. The van der Waals surface area contributed by atoms with Gasteiger partial charge in [-0.05, 0) is 43.7 Å². The van der Waals surface area contributed by atoms with Crippen molar-refractivity contribution >= 4 is 11.7 Å². The Morgan fingerprint density at radius 3 is 3.04 bits per heavy atom. The van der Waals surface area contributed by atoms with Crippen LogP contribution in [0.25, 0.3) is 0 Å². The molecule has 0 aliphatic carbocycles. The van der Waals surface area contributed by atoms with Gasteiger partial charge >= 0.3 is 0 Å². The lowest BCUT2D eigenvalue weighted by Crippen LogP contribution is -2.34. The molecule has 7 nitrogen and oxygen atoms in total. The molecule has 4 rings (SSSR count). The van der Waals surface area contributed by atoms with Gasteiger partial charge in [-0.2, -0.15) is 0 Å². The molecule has 0 saturated carbocycles. The standard InChI is InChI=1S/C20H22N6O/c27-20(25-19-8-1-2-9-22-19)18-7-3-6-17(24-18)15-5-4-10-26(12-15)13-16-11-21-14-23-16/h1-3,6-9,11,14-15H,4-5,10,12-13H2,(H,21,23)(H,22,25,27).